The van der Waals surface area contributed by atoms with Gasteiger partial charge >= 0.3 is 0 Å². The highest BCUT2D eigenvalue weighted by Crippen LogP contribution is 2.19. The molecule has 1 N–H and O–H groups in total. The molecule has 0 aliphatic carbocycles. The summed E-state index contributed by atoms with van der Waals surface area (Å²) in [5.41, 5.74) is 0.915. The molecule has 1 aliphatic heterocycles. The number of amides is 1. The Morgan fingerprint density at radius 2 is 2.33 bits per heavy atom. The number of hydrogen-bond acceptors (Lipinski definition) is 3. The number of benzene rings is 1. The van der Waals surface area contributed by atoms with Crippen LogP contribution in [0, 0.1) is 0 Å². The number of carbonyl (C=O) groups is 1. The first-order chi connectivity index (χ1) is 10.3. The second-order valence-electron chi connectivity index (χ2n) is 5.10. The minimum Gasteiger partial charge on any atom is -0.493 e. The van der Waals surface area contributed by atoms with Crippen molar-refractivity contribution in [2.24, 2.45) is 0 Å². The van der Waals surface area contributed by atoms with Crippen molar-refractivity contribution in [1.82, 2.24) is 5.32 Å². The van der Waals surface area contributed by atoms with Crippen LogP contribution in [-0.2, 0) is 9.53 Å². The van der Waals surface area contributed by atoms with Crippen molar-refractivity contribution in [3.05, 3.63) is 35.9 Å². The van der Waals surface area contributed by atoms with Crippen molar-refractivity contribution in [2.75, 3.05) is 19.8 Å². The minimum absolute atomic E-state index is 0.101. The largest absolute Gasteiger partial charge is 0.493 e. The molecule has 4 heteroatoms. The molecule has 1 aliphatic rings. The van der Waals surface area contributed by atoms with Gasteiger partial charge in [0.1, 0.15) is 5.75 Å². The summed E-state index contributed by atoms with van der Waals surface area (Å²) in [6, 6.07) is 7.72. The third-order valence-corrected chi connectivity index (χ3v) is 3.32. The molecule has 2 rings (SSSR count). The van der Waals surface area contributed by atoms with Crippen LogP contribution in [0.1, 0.15) is 31.7 Å². The van der Waals surface area contributed by atoms with Crippen molar-refractivity contribution < 1.29 is 14.3 Å². The second-order valence-corrected chi connectivity index (χ2v) is 5.10. The number of carbonyl (C=O) groups excluding carboxylic acids is 1. The van der Waals surface area contributed by atoms with Gasteiger partial charge in [0.25, 0.3) is 0 Å². The summed E-state index contributed by atoms with van der Waals surface area (Å²) in [4.78, 5) is 11.8. The van der Waals surface area contributed by atoms with E-state index >= 15 is 0 Å². The maximum atomic E-state index is 11.8. The van der Waals surface area contributed by atoms with Gasteiger partial charge in [0.2, 0.25) is 5.91 Å². The standard InChI is InChI=1S/C17H23NO3/c1-2-11-21-16-8-4-3-6-14(16)9-10-17(19)18-13-15-7-5-12-20-15/h3-4,6,8-10,15H,2,5,7,11-13H2,1H3,(H,18,19)/b10-9+. The lowest BCUT2D eigenvalue weighted by atomic mass is 10.2. The van der Waals surface area contributed by atoms with Gasteiger partial charge in [-0.25, -0.2) is 0 Å². The van der Waals surface area contributed by atoms with Crippen molar-refractivity contribution in [2.45, 2.75) is 32.3 Å². The minimum atomic E-state index is -0.101. The normalized spacial score (nSPS) is 18.0. The number of hydrogen-bond donors (Lipinski definition) is 1. The van der Waals surface area contributed by atoms with Crippen LogP contribution < -0.4 is 10.1 Å². The molecule has 0 saturated carbocycles. The van der Waals surface area contributed by atoms with Crippen molar-refractivity contribution in [3.63, 3.8) is 0 Å². The molecule has 1 fully saturated rings. The Kier molecular flexibility index (Phi) is 6.28. The van der Waals surface area contributed by atoms with Crippen LogP contribution in [-0.4, -0.2) is 31.8 Å². The van der Waals surface area contributed by atoms with Gasteiger partial charge in [-0.3, -0.25) is 4.79 Å². The van der Waals surface area contributed by atoms with E-state index in [0.29, 0.717) is 13.2 Å². The summed E-state index contributed by atoms with van der Waals surface area (Å²) in [7, 11) is 0. The summed E-state index contributed by atoms with van der Waals surface area (Å²) in [5, 5.41) is 2.87. The first kappa shape index (κ1) is 15.6. The van der Waals surface area contributed by atoms with Gasteiger partial charge in [-0.1, -0.05) is 25.1 Å². The van der Waals surface area contributed by atoms with E-state index in [1.807, 2.05) is 24.3 Å². The molecule has 1 heterocycles. The lowest BCUT2D eigenvalue weighted by molar-refractivity contribution is -0.116. The molecule has 1 aromatic rings. The van der Waals surface area contributed by atoms with E-state index in [9.17, 15) is 4.79 Å². The van der Waals surface area contributed by atoms with E-state index < -0.39 is 0 Å². The fourth-order valence-corrected chi connectivity index (χ4v) is 2.21. The van der Waals surface area contributed by atoms with Crippen LogP contribution in [0.3, 0.4) is 0 Å². The van der Waals surface area contributed by atoms with Crippen LogP contribution in [0.4, 0.5) is 0 Å². The van der Waals surface area contributed by atoms with Crippen LogP contribution in [0.15, 0.2) is 30.3 Å². The predicted molar refractivity (Wildman–Crippen MR) is 83.2 cm³/mol. The zero-order valence-corrected chi connectivity index (χ0v) is 12.5. The SMILES string of the molecule is CCCOc1ccccc1/C=C/C(=O)NCC1CCCO1. The van der Waals surface area contributed by atoms with Gasteiger partial charge < -0.3 is 14.8 Å². The monoisotopic (exact) mass is 289 g/mol. The summed E-state index contributed by atoms with van der Waals surface area (Å²) in [6.07, 6.45) is 6.57. The highest BCUT2D eigenvalue weighted by Gasteiger charge is 2.15. The molecule has 0 aromatic heterocycles. The lowest BCUT2D eigenvalue weighted by Crippen LogP contribution is -2.30. The number of para-hydroxylation sites is 1. The molecule has 0 bridgehead atoms. The lowest BCUT2D eigenvalue weighted by Gasteiger charge is -2.09. The number of nitrogens with one attached hydrogen (secondary N) is 1. The molecule has 0 radical (unpaired) electrons. The van der Waals surface area contributed by atoms with Crippen molar-refractivity contribution >= 4 is 12.0 Å². The molecule has 1 aromatic carbocycles. The quantitative estimate of drug-likeness (QED) is 0.785. The van der Waals surface area contributed by atoms with E-state index in [1.165, 1.54) is 0 Å². The fourth-order valence-electron chi connectivity index (χ4n) is 2.21. The van der Waals surface area contributed by atoms with Gasteiger partial charge in [-0.15, -0.1) is 0 Å². The third kappa shape index (κ3) is 5.23. The first-order valence-electron chi connectivity index (χ1n) is 7.59. The molecule has 21 heavy (non-hydrogen) atoms. The molecule has 1 amide bonds. The van der Waals surface area contributed by atoms with E-state index in [0.717, 1.165) is 37.2 Å². The average Bonchev–Trinajstić information content (AvgIpc) is 3.03. The molecular weight excluding hydrogens is 266 g/mol. The summed E-state index contributed by atoms with van der Waals surface area (Å²) >= 11 is 0. The molecule has 114 valence electrons. The highest BCUT2D eigenvalue weighted by atomic mass is 16.5. The van der Waals surface area contributed by atoms with Gasteiger partial charge in [-0.2, -0.15) is 0 Å². The molecule has 1 unspecified atom stereocenters. The van der Waals surface area contributed by atoms with Gasteiger partial charge in [-0.05, 0) is 31.4 Å². The zero-order valence-electron chi connectivity index (χ0n) is 12.5. The van der Waals surface area contributed by atoms with Crippen LogP contribution in [0.5, 0.6) is 5.75 Å². The predicted octanol–water partition coefficient (Wildman–Crippen LogP) is 2.78. The van der Waals surface area contributed by atoms with Crippen molar-refractivity contribution in [3.8, 4) is 5.75 Å². The summed E-state index contributed by atoms with van der Waals surface area (Å²) in [6.45, 7) is 4.13. The van der Waals surface area contributed by atoms with E-state index in [4.69, 9.17) is 9.47 Å². The Morgan fingerprint density at radius 1 is 1.48 bits per heavy atom. The van der Waals surface area contributed by atoms with Gasteiger partial charge in [0.15, 0.2) is 0 Å². The molecule has 1 atom stereocenters. The maximum Gasteiger partial charge on any atom is 0.244 e. The number of rotatable bonds is 7. The van der Waals surface area contributed by atoms with E-state index in [2.05, 4.69) is 12.2 Å². The topological polar surface area (TPSA) is 47.6 Å². The molecular formula is C17H23NO3. The van der Waals surface area contributed by atoms with E-state index in [1.54, 1.807) is 12.2 Å². The maximum absolute atomic E-state index is 11.8. The van der Waals surface area contributed by atoms with Crippen molar-refractivity contribution in [1.29, 1.82) is 0 Å². The summed E-state index contributed by atoms with van der Waals surface area (Å²) in [5.74, 6) is 0.707. The number of ether oxygens (including phenoxy) is 2. The Labute approximate surface area is 126 Å². The van der Waals surface area contributed by atoms with Gasteiger partial charge in [0.05, 0.1) is 12.7 Å². The van der Waals surface area contributed by atoms with Crippen LogP contribution in [0.25, 0.3) is 6.08 Å². The molecule has 4 nitrogen and oxygen atoms in total. The third-order valence-electron chi connectivity index (χ3n) is 3.32. The highest BCUT2D eigenvalue weighted by molar-refractivity contribution is 5.92. The smallest absolute Gasteiger partial charge is 0.244 e. The Bertz CT molecular complexity index is 479. The molecule has 0 spiro atoms. The Balaban J connectivity index is 1.85. The first-order valence-corrected chi connectivity index (χ1v) is 7.59. The Morgan fingerprint density at radius 3 is 3.10 bits per heavy atom. The Hall–Kier alpha value is -1.81. The summed E-state index contributed by atoms with van der Waals surface area (Å²) < 4.78 is 11.1. The zero-order chi connectivity index (χ0) is 14.9. The molecule has 1 saturated heterocycles. The van der Waals surface area contributed by atoms with E-state index in [-0.39, 0.29) is 12.0 Å². The van der Waals surface area contributed by atoms with Crippen LogP contribution >= 0.6 is 0 Å². The fraction of sp³-hybridized carbons (Fsp3) is 0.471. The average molecular weight is 289 g/mol. The van der Waals surface area contributed by atoms with Crippen LogP contribution in [0.2, 0.25) is 0 Å². The van der Waals surface area contributed by atoms with Gasteiger partial charge in [0, 0.05) is 24.8 Å². The second kappa shape index (κ2) is 8.47.